The van der Waals surface area contributed by atoms with Gasteiger partial charge in [-0.2, -0.15) is 0 Å². The molecule has 4 aromatic rings. The van der Waals surface area contributed by atoms with Crippen molar-refractivity contribution in [3.8, 4) is 32.0 Å². The average molecular weight is 560 g/mol. The van der Waals surface area contributed by atoms with E-state index in [0.29, 0.717) is 32.0 Å². The molecule has 0 N–H and O–H groups in total. The highest BCUT2D eigenvalue weighted by atomic mass is 35.7. The molecule has 1 heterocycles. The number of rotatable bonds is 6. The Bertz CT molecular complexity index is 1430. The Balaban J connectivity index is 0.000000732. The van der Waals surface area contributed by atoms with Crippen LogP contribution >= 0.6 is 11.3 Å². The van der Waals surface area contributed by atoms with Gasteiger partial charge in [0.15, 0.2) is 0 Å². The van der Waals surface area contributed by atoms with E-state index in [4.69, 9.17) is 18.6 Å². The minimum atomic E-state index is -4.94. The minimum absolute atomic E-state index is 0.0460. The van der Waals surface area contributed by atoms with Gasteiger partial charge in [0.2, 0.25) is 21.1 Å². The molecule has 0 saturated heterocycles. The van der Waals surface area contributed by atoms with Gasteiger partial charge in [-0.05, 0) is 35.4 Å². The van der Waals surface area contributed by atoms with Crippen molar-refractivity contribution >= 4 is 28.4 Å². The Hall–Kier alpha value is -4.44. The SMILES string of the molecule is O=[N+]([O-])c1ccc(-c2cc(-c3cccc([N+](=O)[O-])c3)[s+]c(-c3cccc([N+](=O)[O-])c3)c2)cc1.[O-][Cl+3]([O-])([O-])[O-]. The number of halogens is 1. The molecule has 0 unspecified atom stereocenters. The van der Waals surface area contributed by atoms with Gasteiger partial charge in [0.1, 0.15) is 0 Å². The average Bonchev–Trinajstić information content (AvgIpc) is 2.87. The number of nitrogens with zero attached hydrogens (tertiary/aromatic N) is 3. The van der Waals surface area contributed by atoms with Gasteiger partial charge < -0.3 is 0 Å². The molecule has 0 fully saturated rings. The zero-order valence-corrected chi connectivity index (χ0v) is 20.4. The summed E-state index contributed by atoms with van der Waals surface area (Å²) in [6, 6.07) is 22.1. The summed E-state index contributed by atoms with van der Waals surface area (Å²) in [5, 5.41) is 33.5. The maximum atomic E-state index is 11.2. The molecule has 0 amide bonds. The number of nitro groups is 3. The Morgan fingerprint density at radius 3 is 1.26 bits per heavy atom. The minimum Gasteiger partial charge on any atom is -0.258 e. The summed E-state index contributed by atoms with van der Waals surface area (Å²) in [7, 11) is -4.94. The summed E-state index contributed by atoms with van der Waals surface area (Å²) in [5.41, 5.74) is 2.48. The Morgan fingerprint density at radius 2 is 0.895 bits per heavy atom. The predicted molar refractivity (Wildman–Crippen MR) is 125 cm³/mol. The number of nitro benzene ring substituents is 3. The molecule has 0 saturated carbocycles. The van der Waals surface area contributed by atoms with Gasteiger partial charge in [-0.15, -0.1) is 10.2 Å². The lowest BCUT2D eigenvalue weighted by molar-refractivity contribution is -2.00. The third-order valence-electron chi connectivity index (χ3n) is 4.89. The second-order valence-electron chi connectivity index (χ2n) is 7.37. The first-order chi connectivity index (χ1) is 17.8. The van der Waals surface area contributed by atoms with Crippen LogP contribution in [0.2, 0.25) is 0 Å². The summed E-state index contributed by atoms with van der Waals surface area (Å²) in [4.78, 5) is 33.4. The van der Waals surface area contributed by atoms with E-state index in [1.165, 1.54) is 47.7 Å². The lowest BCUT2D eigenvalue weighted by Crippen LogP contribution is -2.68. The lowest BCUT2D eigenvalue weighted by atomic mass is 10.0. The van der Waals surface area contributed by atoms with Gasteiger partial charge in [0.05, 0.1) is 14.8 Å². The number of hydrogen-bond acceptors (Lipinski definition) is 10. The molecule has 0 spiro atoms. The molecular formula is C23H14ClN3O10S. The maximum absolute atomic E-state index is 11.2. The third-order valence-corrected chi connectivity index (χ3v) is 6.03. The fraction of sp³-hybridized carbons (Fsp3) is 0. The van der Waals surface area contributed by atoms with E-state index in [2.05, 4.69) is 0 Å². The molecule has 0 aliphatic rings. The molecule has 0 bridgehead atoms. The molecular weight excluding hydrogens is 546 g/mol. The first-order valence-electron chi connectivity index (χ1n) is 10.2. The van der Waals surface area contributed by atoms with Crippen LogP contribution in [-0.2, 0) is 0 Å². The molecule has 3 aromatic carbocycles. The standard InChI is InChI=1S/C23H14N3O6S.ClHO4/c27-24(28)19-9-7-15(8-10-19)18-13-22(16-3-1-5-20(11-16)25(29)30)33-23(14-18)17-4-2-6-21(12-17)26(31)32;2-1(3,4)5/h1-14H;(H,2,3,4,5)/q+1;/p-1. The second kappa shape index (κ2) is 11.7. The van der Waals surface area contributed by atoms with Crippen molar-refractivity contribution in [2.24, 2.45) is 0 Å². The van der Waals surface area contributed by atoms with E-state index < -0.39 is 25.0 Å². The fourth-order valence-corrected chi connectivity index (χ4v) is 4.37. The number of hydrogen-bond donors (Lipinski definition) is 0. The number of benzene rings is 3. The Labute approximate surface area is 219 Å². The first-order valence-corrected chi connectivity index (χ1v) is 12.2. The van der Waals surface area contributed by atoms with Crippen LogP contribution in [0.1, 0.15) is 0 Å². The quantitative estimate of drug-likeness (QED) is 0.190. The summed E-state index contributed by atoms with van der Waals surface area (Å²) in [6.45, 7) is 0. The van der Waals surface area contributed by atoms with Crippen molar-refractivity contribution in [3.05, 3.63) is 115 Å². The van der Waals surface area contributed by atoms with Crippen LogP contribution < -0.4 is 18.6 Å². The van der Waals surface area contributed by atoms with Crippen molar-refractivity contribution < 1.29 is 43.6 Å². The maximum Gasteiger partial charge on any atom is 0.270 e. The van der Waals surface area contributed by atoms with E-state index in [0.717, 1.165) is 0 Å². The Kier molecular flexibility index (Phi) is 8.69. The highest BCUT2D eigenvalue weighted by Gasteiger charge is 2.22. The number of non-ortho nitro benzene ring substituents is 3. The molecule has 1 aromatic heterocycles. The summed E-state index contributed by atoms with van der Waals surface area (Å²) in [6.07, 6.45) is 0. The van der Waals surface area contributed by atoms with Crippen LogP contribution in [0.25, 0.3) is 32.0 Å². The van der Waals surface area contributed by atoms with Gasteiger partial charge in [-0.3, -0.25) is 30.3 Å². The second-order valence-corrected chi connectivity index (χ2v) is 9.21. The van der Waals surface area contributed by atoms with E-state index in [1.807, 2.05) is 12.1 Å². The highest BCUT2D eigenvalue weighted by Crippen LogP contribution is 2.39. The zero-order valence-electron chi connectivity index (χ0n) is 18.8. The van der Waals surface area contributed by atoms with Crippen LogP contribution in [-0.4, -0.2) is 14.8 Å². The molecule has 38 heavy (non-hydrogen) atoms. The highest BCUT2D eigenvalue weighted by molar-refractivity contribution is 7.18. The zero-order chi connectivity index (χ0) is 28.0. The van der Waals surface area contributed by atoms with Crippen molar-refractivity contribution in [1.82, 2.24) is 0 Å². The molecule has 15 heteroatoms. The smallest absolute Gasteiger partial charge is 0.258 e. The molecule has 0 aliphatic heterocycles. The summed E-state index contributed by atoms with van der Waals surface area (Å²) >= 11 is 1.33. The van der Waals surface area contributed by atoms with Gasteiger partial charge in [0, 0.05) is 59.7 Å². The Morgan fingerprint density at radius 1 is 0.500 bits per heavy atom. The van der Waals surface area contributed by atoms with E-state index >= 15 is 0 Å². The molecule has 0 atom stereocenters. The monoisotopic (exact) mass is 559 g/mol. The van der Waals surface area contributed by atoms with Gasteiger partial charge in [-0.1, -0.05) is 12.1 Å². The molecule has 194 valence electrons. The van der Waals surface area contributed by atoms with Crippen LogP contribution in [0, 0.1) is 40.6 Å². The predicted octanol–water partition coefficient (Wildman–Crippen LogP) is 2.00. The molecule has 0 radical (unpaired) electrons. The van der Waals surface area contributed by atoms with Crippen molar-refractivity contribution in [2.45, 2.75) is 0 Å². The first kappa shape index (κ1) is 28.1. The van der Waals surface area contributed by atoms with Crippen molar-refractivity contribution in [1.29, 1.82) is 0 Å². The fourth-order valence-electron chi connectivity index (χ4n) is 3.27. The van der Waals surface area contributed by atoms with Gasteiger partial charge in [0.25, 0.3) is 17.1 Å². The summed E-state index contributed by atoms with van der Waals surface area (Å²) in [5.74, 6) is 0. The molecule has 13 nitrogen and oxygen atoms in total. The van der Waals surface area contributed by atoms with E-state index in [-0.39, 0.29) is 17.1 Å². The van der Waals surface area contributed by atoms with Gasteiger partial charge in [-0.25, -0.2) is 18.6 Å². The van der Waals surface area contributed by atoms with E-state index in [9.17, 15) is 30.3 Å². The van der Waals surface area contributed by atoms with E-state index in [1.54, 1.807) is 36.4 Å². The topological polar surface area (TPSA) is 222 Å². The van der Waals surface area contributed by atoms with Gasteiger partial charge >= 0.3 is 0 Å². The third kappa shape index (κ3) is 7.78. The largest absolute Gasteiger partial charge is 0.270 e. The van der Waals surface area contributed by atoms with Crippen LogP contribution in [0.3, 0.4) is 0 Å². The van der Waals surface area contributed by atoms with Crippen molar-refractivity contribution in [3.63, 3.8) is 0 Å². The normalized spacial score (nSPS) is 10.7. The lowest BCUT2D eigenvalue weighted by Gasteiger charge is -2.17. The summed E-state index contributed by atoms with van der Waals surface area (Å²) < 4.78 is 34.0. The van der Waals surface area contributed by atoms with Crippen LogP contribution in [0.15, 0.2) is 84.9 Å². The van der Waals surface area contributed by atoms with Crippen molar-refractivity contribution in [2.75, 3.05) is 0 Å². The molecule has 0 aliphatic carbocycles. The molecule has 4 rings (SSSR count). The van der Waals surface area contributed by atoms with Crippen LogP contribution in [0.4, 0.5) is 17.1 Å². The van der Waals surface area contributed by atoms with Crippen LogP contribution in [0.5, 0.6) is 0 Å².